The van der Waals surface area contributed by atoms with Crippen LogP contribution in [0.4, 0.5) is 19.2 Å². The minimum absolute atomic E-state index is 0.0612. The molecule has 0 saturated heterocycles. The second kappa shape index (κ2) is 5.80. The van der Waals surface area contributed by atoms with Crippen LogP contribution in [0.3, 0.4) is 0 Å². The highest BCUT2D eigenvalue weighted by Crippen LogP contribution is 2.27. The van der Waals surface area contributed by atoms with Crippen molar-refractivity contribution in [2.45, 2.75) is 6.18 Å². The van der Waals surface area contributed by atoms with Crippen LogP contribution in [0.15, 0.2) is 40.3 Å². The molecule has 118 valence electrons. The maximum Gasteiger partial charge on any atom is 0.433 e. The molecule has 3 aromatic rings. The number of pyridine rings is 1. The van der Waals surface area contributed by atoms with Crippen molar-refractivity contribution < 1.29 is 22.4 Å². The largest absolute Gasteiger partial charge is 0.433 e. The molecule has 10 heteroatoms. The fourth-order valence-corrected chi connectivity index (χ4v) is 2.28. The first kappa shape index (κ1) is 15.2. The lowest BCUT2D eigenvalue weighted by Crippen LogP contribution is -2.14. The van der Waals surface area contributed by atoms with Crippen LogP contribution in [-0.2, 0) is 6.18 Å². The number of carbonyl (C=O) groups is 1. The molecule has 1 N–H and O–H groups in total. The van der Waals surface area contributed by atoms with E-state index in [1.54, 1.807) is 12.1 Å². The molecule has 0 fully saturated rings. The maximum absolute atomic E-state index is 12.4. The Labute approximate surface area is 131 Å². The molecule has 6 nitrogen and oxygen atoms in total. The van der Waals surface area contributed by atoms with Gasteiger partial charge in [-0.2, -0.15) is 13.2 Å². The number of halogens is 3. The number of aromatic nitrogens is 3. The fraction of sp³-hybridized carbons (Fsp3) is 0.0769. The van der Waals surface area contributed by atoms with Gasteiger partial charge in [-0.25, -0.2) is 0 Å². The summed E-state index contributed by atoms with van der Waals surface area (Å²) in [5, 5.41) is 11.5. The van der Waals surface area contributed by atoms with Gasteiger partial charge in [0.25, 0.3) is 11.8 Å². The number of amides is 1. The average molecular weight is 340 g/mol. The third kappa shape index (κ3) is 3.37. The summed E-state index contributed by atoms with van der Waals surface area (Å²) in [6, 6.07) is 5.15. The molecule has 0 aliphatic rings. The summed E-state index contributed by atoms with van der Waals surface area (Å²) < 4.78 is 42.5. The summed E-state index contributed by atoms with van der Waals surface area (Å²) in [7, 11) is 0. The molecular formula is C13H7F3N4O2S. The molecular weight excluding hydrogens is 333 g/mol. The van der Waals surface area contributed by atoms with Crippen LogP contribution < -0.4 is 5.32 Å². The Bertz CT molecular complexity index is 813. The van der Waals surface area contributed by atoms with Gasteiger partial charge in [0, 0.05) is 6.20 Å². The first-order chi connectivity index (χ1) is 10.9. The standard InChI is InChI=1S/C13H7F3N4O2S/c14-13(15,16)9-4-3-7(6-17-9)10(21)18-12-20-19-11(22-12)8-2-1-5-23-8/h1-6H,(H,18,20,21). The Balaban J connectivity index is 1.72. The molecule has 0 saturated carbocycles. The highest BCUT2D eigenvalue weighted by atomic mass is 32.1. The topological polar surface area (TPSA) is 80.9 Å². The highest BCUT2D eigenvalue weighted by Gasteiger charge is 2.32. The van der Waals surface area contributed by atoms with E-state index in [0.29, 0.717) is 0 Å². The molecule has 0 atom stereocenters. The first-order valence-corrected chi connectivity index (χ1v) is 7.03. The molecule has 0 aromatic carbocycles. The molecule has 3 heterocycles. The summed E-state index contributed by atoms with van der Waals surface area (Å²) in [4.78, 5) is 15.9. The molecule has 0 aliphatic carbocycles. The van der Waals surface area contributed by atoms with Gasteiger partial charge >= 0.3 is 12.2 Å². The van der Waals surface area contributed by atoms with E-state index in [9.17, 15) is 18.0 Å². The minimum atomic E-state index is -4.56. The summed E-state index contributed by atoms with van der Waals surface area (Å²) in [5.41, 5.74) is -1.14. The van der Waals surface area contributed by atoms with Crippen LogP contribution in [0.5, 0.6) is 0 Å². The molecule has 0 unspecified atom stereocenters. The minimum Gasteiger partial charge on any atom is -0.402 e. The predicted molar refractivity (Wildman–Crippen MR) is 74.8 cm³/mol. The van der Waals surface area contributed by atoms with Gasteiger partial charge in [0.05, 0.1) is 10.4 Å². The number of carbonyl (C=O) groups excluding carboxylic acids is 1. The van der Waals surface area contributed by atoms with E-state index in [-0.39, 0.29) is 17.5 Å². The van der Waals surface area contributed by atoms with Gasteiger partial charge in [-0.3, -0.25) is 15.1 Å². The van der Waals surface area contributed by atoms with Crippen molar-refractivity contribution in [1.82, 2.24) is 15.2 Å². The Morgan fingerprint density at radius 2 is 2.04 bits per heavy atom. The third-order valence-electron chi connectivity index (χ3n) is 2.69. The second-order valence-corrected chi connectivity index (χ2v) is 5.22. The van der Waals surface area contributed by atoms with Gasteiger partial charge in [-0.1, -0.05) is 11.2 Å². The zero-order valence-corrected chi connectivity index (χ0v) is 12.0. The quantitative estimate of drug-likeness (QED) is 0.790. The second-order valence-electron chi connectivity index (χ2n) is 4.27. The Morgan fingerprint density at radius 1 is 1.22 bits per heavy atom. The van der Waals surface area contributed by atoms with E-state index in [1.807, 2.05) is 5.38 Å². The lowest BCUT2D eigenvalue weighted by atomic mass is 10.2. The van der Waals surface area contributed by atoms with Crippen molar-refractivity contribution in [2.24, 2.45) is 0 Å². The van der Waals surface area contributed by atoms with Gasteiger partial charge < -0.3 is 4.42 Å². The van der Waals surface area contributed by atoms with Crippen LogP contribution in [0.2, 0.25) is 0 Å². The molecule has 23 heavy (non-hydrogen) atoms. The SMILES string of the molecule is O=C(Nc1nnc(-c2cccs2)o1)c1ccc(C(F)(F)F)nc1. The van der Waals surface area contributed by atoms with Gasteiger partial charge in [0.2, 0.25) is 0 Å². The maximum atomic E-state index is 12.4. The predicted octanol–water partition coefficient (Wildman–Crippen LogP) is 3.46. The van der Waals surface area contributed by atoms with Crippen LogP contribution >= 0.6 is 11.3 Å². The molecule has 3 aromatic heterocycles. The summed E-state index contributed by atoms with van der Waals surface area (Å²) >= 11 is 1.38. The number of thiophene rings is 1. The van der Waals surface area contributed by atoms with Crippen LogP contribution in [0, 0.1) is 0 Å². The van der Waals surface area contributed by atoms with Gasteiger partial charge in [0.1, 0.15) is 5.69 Å². The number of hydrogen-bond acceptors (Lipinski definition) is 6. The van der Waals surface area contributed by atoms with Gasteiger partial charge in [-0.05, 0) is 23.6 Å². The molecule has 0 radical (unpaired) electrons. The lowest BCUT2D eigenvalue weighted by molar-refractivity contribution is -0.141. The van der Waals surface area contributed by atoms with Crippen molar-refractivity contribution in [3.05, 3.63) is 47.1 Å². The number of nitrogens with one attached hydrogen (secondary N) is 1. The van der Waals surface area contributed by atoms with Crippen molar-refractivity contribution >= 4 is 23.3 Å². The van der Waals surface area contributed by atoms with Crippen molar-refractivity contribution in [2.75, 3.05) is 5.32 Å². The van der Waals surface area contributed by atoms with E-state index < -0.39 is 17.8 Å². The summed E-state index contributed by atoms with van der Waals surface area (Å²) in [5.74, 6) is -0.464. The first-order valence-electron chi connectivity index (χ1n) is 6.15. The number of anilines is 1. The van der Waals surface area contributed by atoms with E-state index in [4.69, 9.17) is 4.42 Å². The molecule has 0 aliphatic heterocycles. The number of rotatable bonds is 3. The molecule has 0 spiro atoms. The Hall–Kier alpha value is -2.75. The fourth-order valence-electron chi connectivity index (χ4n) is 1.64. The molecule has 0 bridgehead atoms. The number of nitrogens with zero attached hydrogens (tertiary/aromatic N) is 3. The van der Waals surface area contributed by atoms with Crippen LogP contribution in [-0.4, -0.2) is 21.1 Å². The zero-order valence-electron chi connectivity index (χ0n) is 11.2. The molecule has 3 rings (SSSR count). The van der Waals surface area contributed by atoms with Crippen LogP contribution in [0.25, 0.3) is 10.8 Å². The van der Waals surface area contributed by atoms with Gasteiger partial charge in [0.15, 0.2) is 0 Å². The van der Waals surface area contributed by atoms with E-state index in [1.165, 1.54) is 11.3 Å². The Kier molecular flexibility index (Phi) is 3.82. The van der Waals surface area contributed by atoms with Crippen molar-refractivity contribution in [3.63, 3.8) is 0 Å². The van der Waals surface area contributed by atoms with Crippen molar-refractivity contribution in [1.29, 1.82) is 0 Å². The highest BCUT2D eigenvalue weighted by molar-refractivity contribution is 7.13. The van der Waals surface area contributed by atoms with E-state index in [0.717, 1.165) is 23.2 Å². The Morgan fingerprint density at radius 3 is 2.65 bits per heavy atom. The zero-order chi connectivity index (χ0) is 16.4. The van der Waals surface area contributed by atoms with E-state index >= 15 is 0 Å². The average Bonchev–Trinajstić information content (AvgIpc) is 3.17. The normalized spacial score (nSPS) is 11.4. The summed E-state index contributed by atoms with van der Waals surface area (Å²) in [6.07, 6.45) is -3.73. The lowest BCUT2D eigenvalue weighted by Gasteiger charge is -2.05. The van der Waals surface area contributed by atoms with E-state index in [2.05, 4.69) is 20.5 Å². The smallest absolute Gasteiger partial charge is 0.402 e. The number of hydrogen-bond donors (Lipinski definition) is 1. The third-order valence-corrected chi connectivity index (χ3v) is 3.55. The van der Waals surface area contributed by atoms with Gasteiger partial charge in [-0.15, -0.1) is 16.4 Å². The van der Waals surface area contributed by atoms with Crippen molar-refractivity contribution in [3.8, 4) is 10.8 Å². The van der Waals surface area contributed by atoms with Crippen LogP contribution in [0.1, 0.15) is 16.1 Å². The molecule has 1 amide bonds. The number of alkyl halides is 3. The monoisotopic (exact) mass is 340 g/mol. The summed E-state index contributed by atoms with van der Waals surface area (Å²) in [6.45, 7) is 0.